The first kappa shape index (κ1) is 14.1. The minimum absolute atomic E-state index is 0.0198. The van der Waals surface area contributed by atoms with Crippen molar-refractivity contribution in [3.63, 3.8) is 0 Å². The van der Waals surface area contributed by atoms with Gasteiger partial charge in [-0.05, 0) is 42.8 Å². The summed E-state index contributed by atoms with van der Waals surface area (Å²) in [6.07, 6.45) is 1.91. The van der Waals surface area contributed by atoms with Crippen LogP contribution in [0.2, 0.25) is 0 Å². The molecular weight excluding hydrogens is 256 g/mol. The Morgan fingerprint density at radius 1 is 1.25 bits per heavy atom. The number of rotatable bonds is 3. The Balaban J connectivity index is 2.38. The number of nitrogens with zero attached hydrogens (tertiary/aromatic N) is 2. The first-order valence-electron chi connectivity index (χ1n) is 6.34. The molecule has 0 bridgehead atoms. The number of phenolic OH excluding ortho intramolecular Hbond substituents is 1. The van der Waals surface area contributed by atoms with Gasteiger partial charge in [-0.2, -0.15) is 0 Å². The molecule has 104 valence electrons. The monoisotopic (exact) mass is 272 g/mol. The van der Waals surface area contributed by atoms with E-state index in [9.17, 15) is 9.90 Å². The van der Waals surface area contributed by atoms with Crippen LogP contribution >= 0.6 is 0 Å². The van der Waals surface area contributed by atoms with Crippen LogP contribution in [-0.2, 0) is 4.79 Å². The highest BCUT2D eigenvalue weighted by atomic mass is 16.3. The second kappa shape index (κ2) is 6.25. The lowest BCUT2D eigenvalue weighted by atomic mass is 9.95. The average Bonchev–Trinajstić information content (AvgIpc) is 2.43. The average molecular weight is 272 g/mol. The molecule has 0 aromatic heterocycles. The van der Waals surface area contributed by atoms with E-state index < -0.39 is 0 Å². The zero-order chi connectivity index (χ0) is 14.5. The Kier molecular flexibility index (Phi) is 4.42. The number of benzene rings is 1. The van der Waals surface area contributed by atoms with E-state index in [4.69, 9.17) is 5.11 Å². The molecule has 1 aliphatic carbocycles. The van der Waals surface area contributed by atoms with E-state index >= 15 is 0 Å². The third-order valence-electron chi connectivity index (χ3n) is 2.92. The number of hydrogen-bond donors (Lipinski definition) is 2. The number of Topliss-reactive ketones (excluding diaryl/α,β-unsaturated/α-hetero) is 1. The smallest absolute Gasteiger partial charge is 0.164 e. The van der Waals surface area contributed by atoms with Gasteiger partial charge in [0.15, 0.2) is 5.78 Å². The summed E-state index contributed by atoms with van der Waals surface area (Å²) in [7, 11) is 0. The lowest BCUT2D eigenvalue weighted by Crippen LogP contribution is -2.24. The Morgan fingerprint density at radius 3 is 2.60 bits per heavy atom. The van der Waals surface area contributed by atoms with Crippen molar-refractivity contribution in [3.05, 3.63) is 35.9 Å². The Bertz CT molecular complexity index is 598. The molecule has 5 heteroatoms. The molecule has 0 aliphatic heterocycles. The number of hydrogen-bond acceptors (Lipinski definition) is 5. The van der Waals surface area contributed by atoms with Crippen LogP contribution in [0.15, 0.2) is 45.9 Å². The zero-order valence-corrected chi connectivity index (χ0v) is 11.2. The van der Waals surface area contributed by atoms with Crippen molar-refractivity contribution in [1.82, 2.24) is 0 Å². The van der Waals surface area contributed by atoms with E-state index in [1.54, 1.807) is 37.3 Å². The van der Waals surface area contributed by atoms with Crippen molar-refractivity contribution < 1.29 is 15.0 Å². The molecule has 2 N–H and O–H groups in total. The second-order valence-electron chi connectivity index (χ2n) is 4.49. The summed E-state index contributed by atoms with van der Waals surface area (Å²) in [6, 6.07) is 6.47. The van der Waals surface area contributed by atoms with Gasteiger partial charge in [-0.15, -0.1) is 0 Å². The van der Waals surface area contributed by atoms with Gasteiger partial charge in [0, 0.05) is 0 Å². The van der Waals surface area contributed by atoms with Crippen molar-refractivity contribution in [3.8, 4) is 5.75 Å². The van der Waals surface area contributed by atoms with Crippen molar-refractivity contribution in [2.45, 2.75) is 13.3 Å². The van der Waals surface area contributed by atoms with Crippen LogP contribution in [0, 0.1) is 0 Å². The number of ketones is 1. The fourth-order valence-electron chi connectivity index (χ4n) is 1.84. The maximum atomic E-state index is 11.7. The second-order valence-corrected chi connectivity index (χ2v) is 4.49. The third-order valence-corrected chi connectivity index (χ3v) is 2.92. The minimum atomic E-state index is -0.0626. The Hall–Kier alpha value is -2.27. The van der Waals surface area contributed by atoms with Crippen molar-refractivity contribution in [2.24, 2.45) is 9.98 Å². The van der Waals surface area contributed by atoms with Crippen molar-refractivity contribution in [2.75, 3.05) is 13.2 Å². The summed E-state index contributed by atoms with van der Waals surface area (Å²) in [6.45, 7) is 1.94. The molecule has 20 heavy (non-hydrogen) atoms. The lowest BCUT2D eigenvalue weighted by molar-refractivity contribution is -0.114. The maximum Gasteiger partial charge on any atom is 0.164 e. The number of allylic oxidation sites excluding steroid dienone is 2. The topological polar surface area (TPSA) is 82.2 Å². The van der Waals surface area contributed by atoms with Crippen LogP contribution in [-0.4, -0.2) is 40.6 Å². The minimum Gasteiger partial charge on any atom is -0.508 e. The standard InChI is InChI=1S/C15H16N2O3/c1-10-8-14(13(9-15(10)20)16-6-7-18)17-11-2-4-12(19)5-3-11/h2-5,8,18-19H,6-7,9H2,1H3. The van der Waals surface area contributed by atoms with Crippen LogP contribution in [0.1, 0.15) is 13.3 Å². The van der Waals surface area contributed by atoms with Crippen LogP contribution in [0.5, 0.6) is 5.75 Å². The van der Waals surface area contributed by atoms with E-state index in [-0.39, 0.29) is 31.1 Å². The van der Waals surface area contributed by atoms with Gasteiger partial charge in [0.2, 0.25) is 0 Å². The highest BCUT2D eigenvalue weighted by Gasteiger charge is 2.20. The number of aromatic hydroxyl groups is 1. The fraction of sp³-hybridized carbons (Fsp3) is 0.267. The normalized spacial score (nSPS) is 19.5. The molecule has 0 fully saturated rings. The predicted molar refractivity (Wildman–Crippen MR) is 78.0 cm³/mol. The number of aliphatic hydroxyl groups is 1. The van der Waals surface area contributed by atoms with Crippen LogP contribution in [0.3, 0.4) is 0 Å². The summed E-state index contributed by atoms with van der Waals surface area (Å²) in [4.78, 5) is 20.4. The van der Waals surface area contributed by atoms with Crippen LogP contribution in [0.4, 0.5) is 5.69 Å². The van der Waals surface area contributed by atoms with Gasteiger partial charge in [-0.25, -0.2) is 4.99 Å². The maximum absolute atomic E-state index is 11.7. The first-order valence-corrected chi connectivity index (χ1v) is 6.34. The highest BCUT2D eigenvalue weighted by Crippen LogP contribution is 2.19. The number of phenols is 1. The largest absolute Gasteiger partial charge is 0.508 e. The number of aliphatic hydroxyl groups excluding tert-OH is 1. The molecule has 1 aliphatic rings. The van der Waals surface area contributed by atoms with Gasteiger partial charge in [0.1, 0.15) is 5.75 Å². The van der Waals surface area contributed by atoms with Crippen LogP contribution < -0.4 is 0 Å². The summed E-state index contributed by atoms with van der Waals surface area (Å²) in [5, 5.41) is 18.1. The van der Waals surface area contributed by atoms with E-state index in [0.29, 0.717) is 22.7 Å². The zero-order valence-electron chi connectivity index (χ0n) is 11.2. The lowest BCUT2D eigenvalue weighted by Gasteiger charge is -2.13. The molecule has 0 atom stereocenters. The van der Waals surface area contributed by atoms with E-state index in [0.717, 1.165) is 0 Å². The number of aliphatic imine (C=N–C) groups is 2. The first-order chi connectivity index (χ1) is 9.60. The summed E-state index contributed by atoms with van der Waals surface area (Å²) in [5.74, 6) is 0.194. The molecule has 0 amide bonds. The molecule has 0 unspecified atom stereocenters. The number of carbonyl (C=O) groups excluding carboxylic acids is 1. The van der Waals surface area contributed by atoms with Crippen molar-refractivity contribution >= 4 is 22.9 Å². The quantitative estimate of drug-likeness (QED) is 0.880. The Morgan fingerprint density at radius 2 is 1.95 bits per heavy atom. The van der Waals surface area contributed by atoms with E-state index in [1.807, 2.05) is 0 Å². The molecule has 1 aromatic rings. The molecular formula is C15H16N2O3. The Labute approximate surface area is 117 Å². The molecule has 0 radical (unpaired) electrons. The summed E-state index contributed by atoms with van der Waals surface area (Å²) < 4.78 is 0. The van der Waals surface area contributed by atoms with Crippen LogP contribution in [0.25, 0.3) is 0 Å². The van der Waals surface area contributed by atoms with E-state index in [2.05, 4.69) is 9.98 Å². The summed E-state index contributed by atoms with van der Waals surface area (Å²) >= 11 is 0. The molecule has 5 nitrogen and oxygen atoms in total. The fourth-order valence-corrected chi connectivity index (χ4v) is 1.84. The molecule has 0 heterocycles. The van der Waals surface area contributed by atoms with Gasteiger partial charge in [-0.3, -0.25) is 9.79 Å². The molecule has 0 saturated carbocycles. The van der Waals surface area contributed by atoms with Crippen molar-refractivity contribution in [1.29, 1.82) is 0 Å². The van der Waals surface area contributed by atoms with E-state index in [1.165, 1.54) is 0 Å². The van der Waals surface area contributed by atoms with Gasteiger partial charge < -0.3 is 10.2 Å². The molecule has 0 saturated heterocycles. The molecule has 1 aromatic carbocycles. The SMILES string of the molecule is CC1=CC(=Nc2ccc(O)cc2)C(=NCCO)CC1=O. The van der Waals surface area contributed by atoms with Gasteiger partial charge in [0.25, 0.3) is 0 Å². The van der Waals surface area contributed by atoms with Gasteiger partial charge >= 0.3 is 0 Å². The van der Waals surface area contributed by atoms with Gasteiger partial charge in [0.05, 0.1) is 36.7 Å². The van der Waals surface area contributed by atoms with Gasteiger partial charge in [-0.1, -0.05) is 0 Å². The highest BCUT2D eigenvalue weighted by molar-refractivity contribution is 6.52. The molecule has 0 spiro atoms. The third kappa shape index (κ3) is 3.39. The predicted octanol–water partition coefficient (Wildman–Crippen LogP) is 1.82. The summed E-state index contributed by atoms with van der Waals surface area (Å²) in [5.41, 5.74) is 2.53. The molecule has 2 rings (SSSR count). The number of carbonyl (C=O) groups is 1.